The summed E-state index contributed by atoms with van der Waals surface area (Å²) < 4.78 is 1.14. The molecule has 0 amide bonds. The number of aryl methyl sites for hydroxylation is 1. The molecule has 2 aromatic carbocycles. The van der Waals surface area contributed by atoms with Crippen LogP contribution in [0.3, 0.4) is 0 Å². The SMILES string of the molecule is CCNC1CCc2cc(-c3cccc(Br)c3)ccc21. The second-order valence-electron chi connectivity index (χ2n) is 5.07. The lowest BCUT2D eigenvalue weighted by atomic mass is 10.00. The van der Waals surface area contributed by atoms with Crippen LogP contribution in [0, 0.1) is 0 Å². The van der Waals surface area contributed by atoms with Crippen LogP contribution in [0.2, 0.25) is 0 Å². The van der Waals surface area contributed by atoms with Gasteiger partial charge in [0.1, 0.15) is 0 Å². The molecule has 0 heterocycles. The molecule has 2 heteroatoms. The Labute approximate surface area is 123 Å². The molecule has 1 unspecified atom stereocenters. The molecule has 0 fully saturated rings. The van der Waals surface area contributed by atoms with Gasteiger partial charge in [0.25, 0.3) is 0 Å². The molecule has 0 saturated carbocycles. The summed E-state index contributed by atoms with van der Waals surface area (Å²) in [7, 11) is 0. The maximum Gasteiger partial charge on any atom is 0.0326 e. The normalized spacial score (nSPS) is 17.5. The lowest BCUT2D eigenvalue weighted by molar-refractivity contribution is 0.549. The molecular weight excluding hydrogens is 298 g/mol. The van der Waals surface area contributed by atoms with E-state index < -0.39 is 0 Å². The summed E-state index contributed by atoms with van der Waals surface area (Å²) in [6.45, 7) is 3.21. The first kappa shape index (κ1) is 12.9. The van der Waals surface area contributed by atoms with Gasteiger partial charge in [-0.15, -0.1) is 0 Å². The average molecular weight is 316 g/mol. The van der Waals surface area contributed by atoms with Crippen molar-refractivity contribution in [3.8, 4) is 11.1 Å². The third-order valence-electron chi connectivity index (χ3n) is 3.83. The molecule has 0 aromatic heterocycles. The molecule has 2 aromatic rings. The molecule has 1 N–H and O–H groups in total. The highest BCUT2D eigenvalue weighted by Crippen LogP contribution is 2.34. The Morgan fingerprint density at radius 1 is 1.16 bits per heavy atom. The van der Waals surface area contributed by atoms with Crippen LogP contribution in [0.1, 0.15) is 30.5 Å². The van der Waals surface area contributed by atoms with Crippen LogP contribution in [0.5, 0.6) is 0 Å². The van der Waals surface area contributed by atoms with Gasteiger partial charge < -0.3 is 5.32 Å². The van der Waals surface area contributed by atoms with E-state index in [1.807, 2.05) is 0 Å². The average Bonchev–Trinajstić information content (AvgIpc) is 2.82. The molecule has 0 saturated heterocycles. The Bertz CT molecular complexity index is 592. The van der Waals surface area contributed by atoms with Crippen LogP contribution in [0.4, 0.5) is 0 Å². The van der Waals surface area contributed by atoms with Gasteiger partial charge in [0.2, 0.25) is 0 Å². The summed E-state index contributed by atoms with van der Waals surface area (Å²) in [4.78, 5) is 0. The van der Waals surface area contributed by atoms with Crippen molar-refractivity contribution in [1.82, 2.24) is 5.32 Å². The number of nitrogens with one attached hydrogen (secondary N) is 1. The van der Waals surface area contributed by atoms with Crippen LogP contribution in [0.15, 0.2) is 46.9 Å². The Hall–Kier alpha value is -1.12. The number of rotatable bonds is 3. The van der Waals surface area contributed by atoms with Crippen molar-refractivity contribution in [2.24, 2.45) is 0 Å². The Morgan fingerprint density at radius 2 is 2.00 bits per heavy atom. The van der Waals surface area contributed by atoms with E-state index in [0.717, 1.165) is 11.0 Å². The zero-order valence-corrected chi connectivity index (χ0v) is 12.7. The van der Waals surface area contributed by atoms with E-state index in [0.29, 0.717) is 6.04 Å². The number of fused-ring (bicyclic) bond motifs is 1. The molecule has 1 atom stereocenters. The standard InChI is InChI=1S/C17H18BrN/c1-2-19-17-9-7-14-10-13(6-8-16(14)17)12-4-3-5-15(18)11-12/h3-6,8,10-11,17,19H,2,7,9H2,1H3. The Kier molecular flexibility index (Phi) is 3.72. The smallest absolute Gasteiger partial charge is 0.0326 e. The maximum atomic E-state index is 3.56. The van der Waals surface area contributed by atoms with Gasteiger partial charge in [0.15, 0.2) is 0 Å². The van der Waals surface area contributed by atoms with E-state index in [-0.39, 0.29) is 0 Å². The van der Waals surface area contributed by atoms with Crippen molar-refractivity contribution in [3.05, 3.63) is 58.1 Å². The van der Waals surface area contributed by atoms with E-state index in [2.05, 4.69) is 70.6 Å². The van der Waals surface area contributed by atoms with Gasteiger partial charge in [-0.05, 0) is 53.8 Å². The highest BCUT2D eigenvalue weighted by molar-refractivity contribution is 9.10. The van der Waals surface area contributed by atoms with Crippen molar-refractivity contribution in [2.75, 3.05) is 6.54 Å². The van der Waals surface area contributed by atoms with Gasteiger partial charge >= 0.3 is 0 Å². The van der Waals surface area contributed by atoms with Gasteiger partial charge in [-0.3, -0.25) is 0 Å². The zero-order valence-electron chi connectivity index (χ0n) is 11.1. The zero-order chi connectivity index (χ0) is 13.2. The van der Waals surface area contributed by atoms with Crippen molar-refractivity contribution in [2.45, 2.75) is 25.8 Å². The van der Waals surface area contributed by atoms with Crippen LogP contribution in [0.25, 0.3) is 11.1 Å². The summed E-state index contributed by atoms with van der Waals surface area (Å²) in [5.74, 6) is 0. The first-order chi connectivity index (χ1) is 9.28. The van der Waals surface area contributed by atoms with E-state index in [1.54, 1.807) is 0 Å². The topological polar surface area (TPSA) is 12.0 Å². The predicted molar refractivity (Wildman–Crippen MR) is 84.3 cm³/mol. The van der Waals surface area contributed by atoms with Gasteiger partial charge in [-0.25, -0.2) is 0 Å². The molecule has 98 valence electrons. The van der Waals surface area contributed by atoms with Crippen LogP contribution in [-0.4, -0.2) is 6.54 Å². The van der Waals surface area contributed by atoms with Crippen molar-refractivity contribution < 1.29 is 0 Å². The number of benzene rings is 2. The fourth-order valence-electron chi connectivity index (χ4n) is 2.92. The molecule has 19 heavy (non-hydrogen) atoms. The largest absolute Gasteiger partial charge is 0.310 e. The Morgan fingerprint density at radius 3 is 2.79 bits per heavy atom. The molecule has 1 nitrogen and oxygen atoms in total. The van der Waals surface area contributed by atoms with Crippen molar-refractivity contribution in [3.63, 3.8) is 0 Å². The van der Waals surface area contributed by atoms with Crippen molar-refractivity contribution in [1.29, 1.82) is 0 Å². The third-order valence-corrected chi connectivity index (χ3v) is 4.32. The fourth-order valence-corrected chi connectivity index (χ4v) is 3.32. The van der Waals surface area contributed by atoms with Gasteiger partial charge in [0.05, 0.1) is 0 Å². The lowest BCUT2D eigenvalue weighted by Gasteiger charge is -2.13. The molecule has 3 rings (SSSR count). The first-order valence-corrected chi connectivity index (χ1v) is 7.69. The minimum Gasteiger partial charge on any atom is -0.310 e. The molecule has 0 bridgehead atoms. The molecule has 0 radical (unpaired) electrons. The summed E-state index contributed by atoms with van der Waals surface area (Å²) in [6, 6.07) is 16.0. The number of hydrogen-bond acceptors (Lipinski definition) is 1. The lowest BCUT2D eigenvalue weighted by Crippen LogP contribution is -2.18. The summed E-state index contributed by atoms with van der Waals surface area (Å²) in [6.07, 6.45) is 2.42. The quantitative estimate of drug-likeness (QED) is 0.864. The fraction of sp³-hybridized carbons (Fsp3) is 0.294. The minimum absolute atomic E-state index is 0.552. The van der Waals surface area contributed by atoms with Crippen LogP contribution >= 0.6 is 15.9 Å². The third kappa shape index (κ3) is 2.60. The summed E-state index contributed by atoms with van der Waals surface area (Å²) >= 11 is 3.54. The summed E-state index contributed by atoms with van der Waals surface area (Å²) in [5, 5.41) is 3.56. The van der Waals surface area contributed by atoms with Gasteiger partial charge in [-0.2, -0.15) is 0 Å². The first-order valence-electron chi connectivity index (χ1n) is 6.90. The molecule has 0 spiro atoms. The maximum absolute atomic E-state index is 3.56. The van der Waals surface area contributed by atoms with E-state index >= 15 is 0 Å². The van der Waals surface area contributed by atoms with Gasteiger partial charge in [0, 0.05) is 10.5 Å². The molecule has 1 aliphatic rings. The second kappa shape index (κ2) is 5.48. The second-order valence-corrected chi connectivity index (χ2v) is 5.99. The monoisotopic (exact) mass is 315 g/mol. The number of hydrogen-bond donors (Lipinski definition) is 1. The van der Waals surface area contributed by atoms with E-state index in [4.69, 9.17) is 0 Å². The molecule has 1 aliphatic carbocycles. The highest BCUT2D eigenvalue weighted by Gasteiger charge is 2.21. The predicted octanol–water partition coefficient (Wildman–Crippen LogP) is 4.71. The van der Waals surface area contributed by atoms with Crippen molar-refractivity contribution >= 4 is 15.9 Å². The Balaban J connectivity index is 1.95. The summed E-state index contributed by atoms with van der Waals surface area (Å²) in [5.41, 5.74) is 5.59. The minimum atomic E-state index is 0.552. The molecule has 0 aliphatic heterocycles. The highest BCUT2D eigenvalue weighted by atomic mass is 79.9. The van der Waals surface area contributed by atoms with Gasteiger partial charge in [-0.1, -0.05) is 53.2 Å². The number of halogens is 1. The molecular formula is C17H18BrN. The van der Waals surface area contributed by atoms with E-state index in [1.165, 1.54) is 35.1 Å². The van der Waals surface area contributed by atoms with Crippen LogP contribution in [-0.2, 0) is 6.42 Å². The van der Waals surface area contributed by atoms with Crippen LogP contribution < -0.4 is 5.32 Å². The van der Waals surface area contributed by atoms with E-state index in [9.17, 15) is 0 Å².